The number of nitrogens with one attached hydrogen (secondary N) is 1. The number of fused-ring (bicyclic) bond motifs is 1. The second kappa shape index (κ2) is 4.93. The minimum absolute atomic E-state index is 0.664. The number of hydrogen-bond acceptors (Lipinski definition) is 2. The standard InChI is InChI=1S/C17H22N2/c1-11-4-5-14-10-13(6-8-17(14)19-11)15-7-9-16(18-3)12(15)2/h4-6,8,10,12,15-16,18H,7,9H2,1-3H3. The highest BCUT2D eigenvalue weighted by molar-refractivity contribution is 5.79. The van der Waals surface area contributed by atoms with E-state index in [0.717, 1.165) is 11.2 Å². The molecular weight excluding hydrogens is 232 g/mol. The van der Waals surface area contributed by atoms with Crippen LogP contribution in [-0.4, -0.2) is 18.1 Å². The number of hydrogen-bond donors (Lipinski definition) is 1. The van der Waals surface area contributed by atoms with Crippen LogP contribution in [0.5, 0.6) is 0 Å². The Labute approximate surface area is 115 Å². The summed E-state index contributed by atoms with van der Waals surface area (Å²) in [5.74, 6) is 1.39. The first-order chi connectivity index (χ1) is 9.19. The highest BCUT2D eigenvalue weighted by Gasteiger charge is 2.32. The van der Waals surface area contributed by atoms with E-state index in [2.05, 4.69) is 54.6 Å². The highest BCUT2D eigenvalue weighted by atomic mass is 14.9. The maximum absolute atomic E-state index is 4.58. The summed E-state index contributed by atoms with van der Waals surface area (Å²) in [5.41, 5.74) is 3.67. The zero-order chi connectivity index (χ0) is 13.4. The van der Waals surface area contributed by atoms with Gasteiger partial charge in [-0.2, -0.15) is 0 Å². The largest absolute Gasteiger partial charge is 0.317 e. The number of aryl methyl sites for hydroxylation is 1. The lowest BCUT2D eigenvalue weighted by Gasteiger charge is -2.21. The smallest absolute Gasteiger partial charge is 0.0705 e. The minimum atomic E-state index is 0.664. The van der Waals surface area contributed by atoms with Crippen LogP contribution >= 0.6 is 0 Å². The molecule has 1 aliphatic carbocycles. The molecule has 3 unspecified atom stereocenters. The number of pyridine rings is 1. The zero-order valence-electron chi connectivity index (χ0n) is 12.0. The van der Waals surface area contributed by atoms with Gasteiger partial charge in [-0.3, -0.25) is 4.98 Å². The van der Waals surface area contributed by atoms with Crippen LogP contribution in [-0.2, 0) is 0 Å². The van der Waals surface area contributed by atoms with E-state index in [0.29, 0.717) is 17.9 Å². The molecule has 1 N–H and O–H groups in total. The van der Waals surface area contributed by atoms with Gasteiger partial charge in [-0.15, -0.1) is 0 Å². The Morgan fingerprint density at radius 1 is 1.16 bits per heavy atom. The molecule has 19 heavy (non-hydrogen) atoms. The van der Waals surface area contributed by atoms with Crippen molar-refractivity contribution in [1.82, 2.24) is 10.3 Å². The molecule has 100 valence electrons. The van der Waals surface area contributed by atoms with Gasteiger partial charge in [0.15, 0.2) is 0 Å². The third-order valence-electron chi connectivity index (χ3n) is 4.71. The minimum Gasteiger partial charge on any atom is -0.317 e. The van der Waals surface area contributed by atoms with Crippen molar-refractivity contribution in [3.05, 3.63) is 41.6 Å². The first kappa shape index (κ1) is 12.6. The van der Waals surface area contributed by atoms with E-state index in [4.69, 9.17) is 0 Å². The quantitative estimate of drug-likeness (QED) is 0.885. The summed E-state index contributed by atoms with van der Waals surface area (Å²) in [6.45, 7) is 4.42. The van der Waals surface area contributed by atoms with E-state index in [1.54, 1.807) is 0 Å². The molecule has 2 heteroatoms. The number of rotatable bonds is 2. The van der Waals surface area contributed by atoms with Crippen molar-refractivity contribution in [1.29, 1.82) is 0 Å². The molecular formula is C17H22N2. The molecule has 3 atom stereocenters. The highest BCUT2D eigenvalue weighted by Crippen LogP contribution is 2.40. The van der Waals surface area contributed by atoms with Gasteiger partial charge in [0, 0.05) is 17.1 Å². The molecule has 2 aromatic rings. The fourth-order valence-electron chi connectivity index (χ4n) is 3.52. The Hall–Kier alpha value is -1.41. The van der Waals surface area contributed by atoms with E-state index < -0.39 is 0 Å². The summed E-state index contributed by atoms with van der Waals surface area (Å²) in [6.07, 6.45) is 2.57. The Bertz CT molecular complexity index is 591. The second-order valence-electron chi connectivity index (χ2n) is 5.84. The molecule has 1 aromatic carbocycles. The Kier molecular flexibility index (Phi) is 3.28. The summed E-state index contributed by atoms with van der Waals surface area (Å²) in [5, 5.41) is 4.71. The Balaban J connectivity index is 1.96. The molecule has 1 fully saturated rings. The molecule has 0 spiro atoms. The number of nitrogens with zero attached hydrogens (tertiary/aromatic N) is 1. The molecule has 1 aromatic heterocycles. The first-order valence-electron chi connectivity index (χ1n) is 7.23. The van der Waals surface area contributed by atoms with Gasteiger partial charge in [0.25, 0.3) is 0 Å². The maximum Gasteiger partial charge on any atom is 0.0705 e. The van der Waals surface area contributed by atoms with Gasteiger partial charge >= 0.3 is 0 Å². The van der Waals surface area contributed by atoms with Crippen LogP contribution in [0.4, 0.5) is 0 Å². The number of aromatic nitrogens is 1. The van der Waals surface area contributed by atoms with Gasteiger partial charge in [0.2, 0.25) is 0 Å². The maximum atomic E-state index is 4.58. The molecule has 1 aliphatic rings. The number of benzene rings is 1. The molecule has 3 rings (SSSR count). The van der Waals surface area contributed by atoms with Crippen LogP contribution in [0.2, 0.25) is 0 Å². The van der Waals surface area contributed by atoms with Crippen LogP contribution < -0.4 is 5.32 Å². The van der Waals surface area contributed by atoms with E-state index in [1.165, 1.54) is 23.8 Å². The van der Waals surface area contributed by atoms with Gasteiger partial charge in [-0.05, 0) is 62.4 Å². The predicted molar refractivity (Wildman–Crippen MR) is 80.5 cm³/mol. The third kappa shape index (κ3) is 2.25. The van der Waals surface area contributed by atoms with Crippen LogP contribution in [0.3, 0.4) is 0 Å². The van der Waals surface area contributed by atoms with Crippen molar-refractivity contribution in [2.75, 3.05) is 7.05 Å². The van der Waals surface area contributed by atoms with Crippen molar-refractivity contribution in [3.8, 4) is 0 Å². The molecule has 0 radical (unpaired) electrons. The van der Waals surface area contributed by atoms with Gasteiger partial charge < -0.3 is 5.32 Å². The topological polar surface area (TPSA) is 24.9 Å². The van der Waals surface area contributed by atoms with Crippen molar-refractivity contribution < 1.29 is 0 Å². The predicted octanol–water partition coefficient (Wildman–Crippen LogP) is 3.64. The molecule has 0 amide bonds. The normalized spacial score (nSPS) is 27.0. The van der Waals surface area contributed by atoms with Crippen molar-refractivity contribution in [3.63, 3.8) is 0 Å². The second-order valence-corrected chi connectivity index (χ2v) is 5.84. The molecule has 1 saturated carbocycles. The lowest BCUT2D eigenvalue weighted by atomic mass is 9.88. The molecule has 1 heterocycles. The van der Waals surface area contributed by atoms with E-state index >= 15 is 0 Å². The lowest BCUT2D eigenvalue weighted by Crippen LogP contribution is -2.28. The first-order valence-corrected chi connectivity index (χ1v) is 7.23. The average molecular weight is 254 g/mol. The summed E-state index contributed by atoms with van der Waals surface area (Å²) in [7, 11) is 2.08. The van der Waals surface area contributed by atoms with Crippen molar-refractivity contribution in [2.24, 2.45) is 5.92 Å². The van der Waals surface area contributed by atoms with Crippen LogP contribution in [0.15, 0.2) is 30.3 Å². The monoisotopic (exact) mass is 254 g/mol. The van der Waals surface area contributed by atoms with Gasteiger partial charge in [0.1, 0.15) is 0 Å². The third-order valence-corrected chi connectivity index (χ3v) is 4.71. The molecule has 2 nitrogen and oxygen atoms in total. The van der Waals surface area contributed by atoms with E-state index in [9.17, 15) is 0 Å². The van der Waals surface area contributed by atoms with Crippen molar-refractivity contribution >= 4 is 10.9 Å². The summed E-state index contributed by atoms with van der Waals surface area (Å²) in [6, 6.07) is 11.7. The van der Waals surface area contributed by atoms with E-state index in [1.807, 2.05) is 6.92 Å². The van der Waals surface area contributed by atoms with Crippen molar-refractivity contribution in [2.45, 2.75) is 38.6 Å². The lowest BCUT2D eigenvalue weighted by molar-refractivity contribution is 0.429. The van der Waals surface area contributed by atoms with Crippen LogP contribution in [0.25, 0.3) is 10.9 Å². The Morgan fingerprint density at radius 3 is 2.74 bits per heavy atom. The fourth-order valence-corrected chi connectivity index (χ4v) is 3.52. The summed E-state index contributed by atoms with van der Waals surface area (Å²) < 4.78 is 0. The molecule has 0 saturated heterocycles. The van der Waals surface area contributed by atoms with Crippen LogP contribution in [0.1, 0.15) is 36.9 Å². The molecule has 0 aliphatic heterocycles. The summed E-state index contributed by atoms with van der Waals surface area (Å²) in [4.78, 5) is 4.58. The van der Waals surface area contributed by atoms with Gasteiger partial charge in [-0.25, -0.2) is 0 Å². The van der Waals surface area contributed by atoms with E-state index in [-0.39, 0.29) is 0 Å². The molecule has 0 bridgehead atoms. The summed E-state index contributed by atoms with van der Waals surface area (Å²) >= 11 is 0. The average Bonchev–Trinajstić information content (AvgIpc) is 2.79. The Morgan fingerprint density at radius 2 is 2.00 bits per heavy atom. The SMILES string of the molecule is CNC1CCC(c2ccc3nc(C)ccc3c2)C1C. The van der Waals surface area contributed by atoms with Gasteiger partial charge in [-0.1, -0.05) is 19.1 Å². The fraction of sp³-hybridized carbons (Fsp3) is 0.471. The van der Waals surface area contributed by atoms with Crippen LogP contribution in [0, 0.1) is 12.8 Å². The zero-order valence-corrected chi connectivity index (χ0v) is 12.0. The van der Waals surface area contributed by atoms with Gasteiger partial charge in [0.05, 0.1) is 5.52 Å².